The maximum absolute atomic E-state index is 5.83. The summed E-state index contributed by atoms with van der Waals surface area (Å²) in [5.74, 6) is 0.999. The SMILES string of the molecule is S=c1cc(-c2ccccc2)nc(-c2ccccc2)n1C1CCCCC1. The van der Waals surface area contributed by atoms with Gasteiger partial charge in [-0.15, -0.1) is 0 Å². The average Bonchev–Trinajstić information content (AvgIpc) is 2.69. The predicted octanol–water partition coefficient (Wildman–Crippen LogP) is 6.45. The summed E-state index contributed by atoms with van der Waals surface area (Å²) in [6.07, 6.45) is 6.28. The highest BCUT2D eigenvalue weighted by atomic mass is 32.1. The van der Waals surface area contributed by atoms with Crippen LogP contribution in [0.15, 0.2) is 66.7 Å². The first-order valence-corrected chi connectivity index (χ1v) is 9.48. The first-order valence-electron chi connectivity index (χ1n) is 9.07. The molecule has 0 amide bonds. The van der Waals surface area contributed by atoms with Crippen molar-refractivity contribution in [3.8, 4) is 22.6 Å². The Kier molecular flexibility index (Phi) is 4.75. The van der Waals surface area contributed by atoms with Gasteiger partial charge in [-0.1, -0.05) is 92.1 Å². The van der Waals surface area contributed by atoms with Crippen LogP contribution in [-0.2, 0) is 0 Å². The summed E-state index contributed by atoms with van der Waals surface area (Å²) in [7, 11) is 0. The van der Waals surface area contributed by atoms with Gasteiger partial charge in [0.25, 0.3) is 0 Å². The molecule has 1 aliphatic carbocycles. The minimum Gasteiger partial charge on any atom is -0.314 e. The van der Waals surface area contributed by atoms with Crippen molar-refractivity contribution in [2.75, 3.05) is 0 Å². The largest absolute Gasteiger partial charge is 0.314 e. The van der Waals surface area contributed by atoms with E-state index in [1.54, 1.807) is 0 Å². The molecule has 1 aromatic heterocycles. The van der Waals surface area contributed by atoms with Crippen LogP contribution < -0.4 is 0 Å². The summed E-state index contributed by atoms with van der Waals surface area (Å²) in [5.41, 5.74) is 3.20. The van der Waals surface area contributed by atoms with Gasteiger partial charge >= 0.3 is 0 Å². The summed E-state index contributed by atoms with van der Waals surface area (Å²) in [5, 5.41) is 0. The minimum atomic E-state index is 0.466. The Morgan fingerprint density at radius 3 is 2.04 bits per heavy atom. The van der Waals surface area contributed by atoms with Crippen LogP contribution in [0.1, 0.15) is 38.1 Å². The molecule has 0 N–H and O–H groups in total. The zero-order valence-electron chi connectivity index (χ0n) is 14.3. The highest BCUT2D eigenvalue weighted by molar-refractivity contribution is 7.71. The van der Waals surface area contributed by atoms with E-state index in [9.17, 15) is 0 Å². The lowest BCUT2D eigenvalue weighted by atomic mass is 9.95. The molecule has 3 heteroatoms. The molecule has 0 spiro atoms. The fraction of sp³-hybridized carbons (Fsp3) is 0.273. The molecule has 0 radical (unpaired) electrons. The molecule has 25 heavy (non-hydrogen) atoms. The quantitative estimate of drug-likeness (QED) is 0.507. The Bertz CT molecular complexity index is 894. The van der Waals surface area contributed by atoms with Crippen molar-refractivity contribution < 1.29 is 0 Å². The fourth-order valence-electron chi connectivity index (χ4n) is 3.73. The van der Waals surface area contributed by atoms with Crippen LogP contribution in [0.25, 0.3) is 22.6 Å². The number of nitrogens with zero attached hydrogens (tertiary/aromatic N) is 2. The van der Waals surface area contributed by atoms with Gasteiger partial charge in [0.05, 0.1) is 5.69 Å². The van der Waals surface area contributed by atoms with E-state index in [1.165, 1.54) is 32.1 Å². The van der Waals surface area contributed by atoms with Crippen LogP contribution in [0.2, 0.25) is 0 Å². The standard InChI is InChI=1S/C22H22N2S/c25-21-16-20(17-10-4-1-5-11-17)23-22(18-12-6-2-7-13-18)24(21)19-14-8-3-9-15-19/h1-2,4-7,10-13,16,19H,3,8-9,14-15H2. The fourth-order valence-corrected chi connectivity index (χ4v) is 4.08. The van der Waals surface area contributed by atoms with E-state index in [0.717, 1.165) is 27.3 Å². The molecule has 1 aliphatic rings. The van der Waals surface area contributed by atoms with Crippen molar-refractivity contribution in [1.29, 1.82) is 0 Å². The Morgan fingerprint density at radius 2 is 1.40 bits per heavy atom. The van der Waals surface area contributed by atoms with E-state index in [2.05, 4.69) is 47.0 Å². The van der Waals surface area contributed by atoms with Crippen LogP contribution in [-0.4, -0.2) is 9.55 Å². The van der Waals surface area contributed by atoms with E-state index in [-0.39, 0.29) is 0 Å². The van der Waals surface area contributed by atoms with E-state index in [1.807, 2.05) is 24.3 Å². The minimum absolute atomic E-state index is 0.466. The predicted molar refractivity (Wildman–Crippen MR) is 106 cm³/mol. The molecule has 0 atom stereocenters. The third-order valence-electron chi connectivity index (χ3n) is 4.99. The van der Waals surface area contributed by atoms with Crippen molar-refractivity contribution in [3.63, 3.8) is 0 Å². The van der Waals surface area contributed by atoms with Crippen LogP contribution in [0, 0.1) is 4.64 Å². The number of rotatable bonds is 3. The average molecular weight is 346 g/mol. The third-order valence-corrected chi connectivity index (χ3v) is 5.31. The second kappa shape index (κ2) is 7.32. The lowest BCUT2D eigenvalue weighted by molar-refractivity contribution is 0.350. The van der Waals surface area contributed by atoms with Crippen molar-refractivity contribution >= 4 is 12.2 Å². The van der Waals surface area contributed by atoms with Crippen molar-refractivity contribution in [1.82, 2.24) is 9.55 Å². The highest BCUT2D eigenvalue weighted by Gasteiger charge is 2.20. The van der Waals surface area contributed by atoms with Gasteiger partial charge in [0.2, 0.25) is 0 Å². The molecule has 126 valence electrons. The number of hydrogen-bond acceptors (Lipinski definition) is 2. The first-order chi connectivity index (χ1) is 12.3. The normalized spacial score (nSPS) is 15.2. The molecule has 1 saturated carbocycles. The topological polar surface area (TPSA) is 17.8 Å². The van der Waals surface area contributed by atoms with Crippen LogP contribution in [0.5, 0.6) is 0 Å². The lowest BCUT2D eigenvalue weighted by Gasteiger charge is -2.27. The van der Waals surface area contributed by atoms with Crippen molar-refractivity contribution in [2.24, 2.45) is 0 Å². The Balaban J connectivity index is 1.90. The van der Waals surface area contributed by atoms with E-state index < -0.39 is 0 Å². The van der Waals surface area contributed by atoms with Gasteiger partial charge in [0.15, 0.2) is 0 Å². The summed E-state index contributed by atoms with van der Waals surface area (Å²) < 4.78 is 3.19. The Labute approximate surface area is 154 Å². The highest BCUT2D eigenvalue weighted by Crippen LogP contribution is 2.33. The van der Waals surface area contributed by atoms with E-state index in [0.29, 0.717) is 6.04 Å². The number of hydrogen-bond donors (Lipinski definition) is 0. The Morgan fingerprint density at radius 1 is 0.800 bits per heavy atom. The summed E-state index contributed by atoms with van der Waals surface area (Å²) >= 11 is 5.83. The Hall–Kier alpha value is -2.26. The molecule has 4 rings (SSSR count). The molecular formula is C22H22N2S. The zero-order chi connectivity index (χ0) is 17.1. The second-order valence-electron chi connectivity index (χ2n) is 6.70. The molecular weight excluding hydrogens is 324 g/mol. The number of benzene rings is 2. The van der Waals surface area contributed by atoms with Gasteiger partial charge in [-0.3, -0.25) is 0 Å². The lowest BCUT2D eigenvalue weighted by Crippen LogP contribution is -2.17. The van der Waals surface area contributed by atoms with Gasteiger partial charge in [0.1, 0.15) is 10.5 Å². The number of aromatic nitrogens is 2. The van der Waals surface area contributed by atoms with Crippen molar-refractivity contribution in [2.45, 2.75) is 38.1 Å². The molecule has 1 heterocycles. The molecule has 0 unspecified atom stereocenters. The first kappa shape index (κ1) is 16.2. The van der Waals surface area contributed by atoms with Gasteiger partial charge in [-0.25, -0.2) is 4.98 Å². The summed E-state index contributed by atoms with van der Waals surface area (Å²) in [6.45, 7) is 0. The smallest absolute Gasteiger partial charge is 0.141 e. The molecule has 2 aromatic carbocycles. The van der Waals surface area contributed by atoms with Gasteiger partial charge in [-0.2, -0.15) is 0 Å². The van der Waals surface area contributed by atoms with E-state index in [4.69, 9.17) is 17.2 Å². The van der Waals surface area contributed by atoms with Gasteiger partial charge < -0.3 is 4.57 Å². The van der Waals surface area contributed by atoms with Gasteiger partial charge in [-0.05, 0) is 18.9 Å². The van der Waals surface area contributed by atoms with Crippen molar-refractivity contribution in [3.05, 3.63) is 71.4 Å². The van der Waals surface area contributed by atoms with Crippen LogP contribution >= 0.6 is 12.2 Å². The van der Waals surface area contributed by atoms with Crippen LogP contribution in [0.4, 0.5) is 0 Å². The molecule has 0 bridgehead atoms. The maximum atomic E-state index is 5.83. The molecule has 0 saturated heterocycles. The second-order valence-corrected chi connectivity index (χ2v) is 7.12. The molecule has 2 nitrogen and oxygen atoms in total. The third kappa shape index (κ3) is 3.42. The molecule has 1 fully saturated rings. The summed E-state index contributed by atoms with van der Waals surface area (Å²) in [6, 6.07) is 23.3. The maximum Gasteiger partial charge on any atom is 0.141 e. The zero-order valence-corrected chi connectivity index (χ0v) is 15.1. The van der Waals surface area contributed by atoms with Crippen LogP contribution in [0.3, 0.4) is 0 Å². The summed E-state index contributed by atoms with van der Waals surface area (Å²) in [4.78, 5) is 5.05. The van der Waals surface area contributed by atoms with E-state index >= 15 is 0 Å². The molecule has 3 aromatic rings. The monoisotopic (exact) mass is 346 g/mol. The van der Waals surface area contributed by atoms with Gasteiger partial charge in [0, 0.05) is 17.2 Å². The molecule has 0 aliphatic heterocycles.